The van der Waals surface area contributed by atoms with Crippen LogP contribution in [0, 0.1) is 5.82 Å². The number of rotatable bonds is 1. The van der Waals surface area contributed by atoms with Gasteiger partial charge in [0.15, 0.2) is 5.78 Å². The van der Waals surface area contributed by atoms with Crippen LogP contribution in [0.2, 0.25) is 0 Å². The van der Waals surface area contributed by atoms with Crippen LogP contribution in [-0.4, -0.2) is 5.78 Å². The standard InChI is InChI=1S/C16H13FO/c1-16(12-6-8-13(17)9-7-12)10-11-4-2-3-5-14(11)15(16)18/h2-9H,10H2,1H3. The fourth-order valence-electron chi connectivity index (χ4n) is 2.71. The van der Waals surface area contributed by atoms with Gasteiger partial charge in [-0.05, 0) is 36.6 Å². The van der Waals surface area contributed by atoms with Gasteiger partial charge in [0.2, 0.25) is 0 Å². The summed E-state index contributed by atoms with van der Waals surface area (Å²) in [5, 5.41) is 0. The molecule has 2 aromatic rings. The van der Waals surface area contributed by atoms with E-state index in [1.807, 2.05) is 31.2 Å². The van der Waals surface area contributed by atoms with E-state index in [9.17, 15) is 9.18 Å². The van der Waals surface area contributed by atoms with Crippen LogP contribution in [0.4, 0.5) is 4.39 Å². The molecule has 1 atom stereocenters. The Morgan fingerprint density at radius 1 is 1.06 bits per heavy atom. The van der Waals surface area contributed by atoms with E-state index >= 15 is 0 Å². The predicted octanol–water partition coefficient (Wildman–Crippen LogP) is 3.52. The Bertz CT molecular complexity index is 615. The quantitative estimate of drug-likeness (QED) is 0.745. The maximum Gasteiger partial charge on any atom is 0.173 e. The lowest BCUT2D eigenvalue weighted by Crippen LogP contribution is -2.29. The van der Waals surface area contributed by atoms with Crippen LogP contribution in [-0.2, 0) is 11.8 Å². The van der Waals surface area contributed by atoms with Gasteiger partial charge in [-0.2, -0.15) is 0 Å². The number of hydrogen-bond donors (Lipinski definition) is 0. The summed E-state index contributed by atoms with van der Waals surface area (Å²) in [7, 11) is 0. The highest BCUT2D eigenvalue weighted by Gasteiger charge is 2.42. The molecule has 0 aliphatic heterocycles. The molecule has 1 aliphatic rings. The van der Waals surface area contributed by atoms with Crippen LogP contribution in [0.15, 0.2) is 48.5 Å². The first-order chi connectivity index (χ1) is 8.61. The summed E-state index contributed by atoms with van der Waals surface area (Å²) < 4.78 is 13.0. The molecule has 0 aromatic heterocycles. The molecule has 0 spiro atoms. The van der Waals surface area contributed by atoms with Crippen molar-refractivity contribution in [2.75, 3.05) is 0 Å². The van der Waals surface area contributed by atoms with Gasteiger partial charge in [0, 0.05) is 5.56 Å². The Kier molecular flexibility index (Phi) is 2.34. The highest BCUT2D eigenvalue weighted by molar-refractivity contribution is 6.08. The third-order valence-corrected chi connectivity index (χ3v) is 3.79. The molecule has 1 unspecified atom stereocenters. The normalized spacial score (nSPS) is 22.0. The average Bonchev–Trinajstić information content (AvgIpc) is 2.64. The van der Waals surface area contributed by atoms with Gasteiger partial charge in [0.25, 0.3) is 0 Å². The zero-order valence-electron chi connectivity index (χ0n) is 10.1. The molecule has 2 aromatic carbocycles. The van der Waals surface area contributed by atoms with Gasteiger partial charge >= 0.3 is 0 Å². The molecule has 0 radical (unpaired) electrons. The fraction of sp³-hybridized carbons (Fsp3) is 0.188. The second-order valence-corrected chi connectivity index (χ2v) is 5.00. The van der Waals surface area contributed by atoms with E-state index in [0.717, 1.165) is 16.7 Å². The van der Waals surface area contributed by atoms with Crippen molar-refractivity contribution in [3.8, 4) is 0 Å². The van der Waals surface area contributed by atoms with Crippen molar-refractivity contribution < 1.29 is 9.18 Å². The SMILES string of the molecule is CC1(c2ccc(F)cc2)Cc2ccccc2C1=O. The fourth-order valence-corrected chi connectivity index (χ4v) is 2.71. The van der Waals surface area contributed by atoms with E-state index in [0.29, 0.717) is 6.42 Å². The lowest BCUT2D eigenvalue weighted by atomic mass is 9.79. The molecule has 0 saturated heterocycles. The monoisotopic (exact) mass is 240 g/mol. The molecule has 2 heteroatoms. The third kappa shape index (κ3) is 1.49. The van der Waals surface area contributed by atoms with Gasteiger partial charge in [-0.15, -0.1) is 0 Å². The molecular formula is C16H13FO. The van der Waals surface area contributed by atoms with Gasteiger partial charge in [-0.1, -0.05) is 36.4 Å². The Morgan fingerprint density at radius 2 is 1.72 bits per heavy atom. The van der Waals surface area contributed by atoms with Gasteiger partial charge in [0.05, 0.1) is 5.41 Å². The lowest BCUT2D eigenvalue weighted by molar-refractivity contribution is 0.0915. The molecule has 1 aliphatic carbocycles. The molecule has 18 heavy (non-hydrogen) atoms. The summed E-state index contributed by atoms with van der Waals surface area (Å²) >= 11 is 0. The summed E-state index contributed by atoms with van der Waals surface area (Å²) in [6.45, 7) is 1.93. The molecule has 0 fully saturated rings. The van der Waals surface area contributed by atoms with E-state index in [2.05, 4.69) is 0 Å². The Morgan fingerprint density at radius 3 is 2.39 bits per heavy atom. The Labute approximate surface area is 105 Å². The smallest absolute Gasteiger partial charge is 0.173 e. The predicted molar refractivity (Wildman–Crippen MR) is 68.2 cm³/mol. The molecule has 1 nitrogen and oxygen atoms in total. The summed E-state index contributed by atoms with van der Waals surface area (Å²) in [6, 6.07) is 13.9. The molecule has 0 N–H and O–H groups in total. The van der Waals surface area contributed by atoms with E-state index in [-0.39, 0.29) is 11.6 Å². The topological polar surface area (TPSA) is 17.1 Å². The van der Waals surface area contributed by atoms with Crippen molar-refractivity contribution in [3.05, 3.63) is 71.0 Å². The number of carbonyl (C=O) groups excluding carboxylic acids is 1. The minimum Gasteiger partial charge on any atom is -0.293 e. The van der Waals surface area contributed by atoms with Crippen molar-refractivity contribution in [2.45, 2.75) is 18.8 Å². The number of halogens is 1. The molecular weight excluding hydrogens is 227 g/mol. The maximum atomic E-state index is 13.0. The highest BCUT2D eigenvalue weighted by Crippen LogP contribution is 2.39. The van der Waals surface area contributed by atoms with Gasteiger partial charge in [-0.25, -0.2) is 4.39 Å². The van der Waals surface area contributed by atoms with Gasteiger partial charge in [0.1, 0.15) is 5.82 Å². The zero-order valence-corrected chi connectivity index (χ0v) is 10.1. The Balaban J connectivity index is 2.09. The summed E-state index contributed by atoms with van der Waals surface area (Å²) in [6.07, 6.45) is 0.688. The number of ketones is 1. The second kappa shape index (κ2) is 3.77. The summed E-state index contributed by atoms with van der Waals surface area (Å²) in [5.74, 6) is -0.144. The van der Waals surface area contributed by atoms with Crippen LogP contribution in [0.3, 0.4) is 0 Å². The first kappa shape index (κ1) is 11.1. The number of hydrogen-bond acceptors (Lipinski definition) is 1. The number of carbonyl (C=O) groups is 1. The van der Waals surface area contributed by atoms with E-state index in [1.54, 1.807) is 12.1 Å². The van der Waals surface area contributed by atoms with E-state index < -0.39 is 5.41 Å². The van der Waals surface area contributed by atoms with Crippen molar-refractivity contribution in [1.29, 1.82) is 0 Å². The average molecular weight is 240 g/mol. The van der Waals surface area contributed by atoms with Crippen LogP contribution in [0.25, 0.3) is 0 Å². The van der Waals surface area contributed by atoms with Crippen molar-refractivity contribution in [3.63, 3.8) is 0 Å². The van der Waals surface area contributed by atoms with E-state index in [4.69, 9.17) is 0 Å². The first-order valence-corrected chi connectivity index (χ1v) is 6.00. The first-order valence-electron chi connectivity index (χ1n) is 6.00. The molecule has 0 amide bonds. The molecule has 0 saturated carbocycles. The minimum atomic E-state index is -0.558. The lowest BCUT2D eigenvalue weighted by Gasteiger charge is -2.22. The van der Waals surface area contributed by atoms with E-state index in [1.165, 1.54) is 12.1 Å². The molecule has 0 bridgehead atoms. The van der Waals surface area contributed by atoms with Crippen LogP contribution >= 0.6 is 0 Å². The molecule has 0 heterocycles. The van der Waals surface area contributed by atoms with Crippen LogP contribution < -0.4 is 0 Å². The summed E-state index contributed by atoms with van der Waals surface area (Å²) in [4.78, 5) is 12.5. The van der Waals surface area contributed by atoms with Crippen LogP contribution in [0.5, 0.6) is 0 Å². The number of benzene rings is 2. The van der Waals surface area contributed by atoms with Crippen molar-refractivity contribution >= 4 is 5.78 Å². The Hall–Kier alpha value is -1.96. The second-order valence-electron chi connectivity index (χ2n) is 5.00. The molecule has 3 rings (SSSR count). The molecule has 90 valence electrons. The number of fused-ring (bicyclic) bond motifs is 1. The van der Waals surface area contributed by atoms with Crippen LogP contribution in [0.1, 0.15) is 28.4 Å². The van der Waals surface area contributed by atoms with Crippen molar-refractivity contribution in [2.24, 2.45) is 0 Å². The third-order valence-electron chi connectivity index (χ3n) is 3.79. The largest absolute Gasteiger partial charge is 0.293 e. The summed E-state index contributed by atoms with van der Waals surface area (Å²) in [5.41, 5.74) is 2.20. The maximum absolute atomic E-state index is 13.0. The minimum absolute atomic E-state index is 0.129. The zero-order chi connectivity index (χ0) is 12.8. The highest BCUT2D eigenvalue weighted by atomic mass is 19.1. The van der Waals surface area contributed by atoms with Gasteiger partial charge in [-0.3, -0.25) is 4.79 Å². The van der Waals surface area contributed by atoms with Crippen molar-refractivity contribution in [1.82, 2.24) is 0 Å². The van der Waals surface area contributed by atoms with Gasteiger partial charge < -0.3 is 0 Å². The number of Topliss-reactive ketones (excluding diaryl/α,β-unsaturated/α-hetero) is 1.